The molecular formula is C16H25N3O2. The van der Waals surface area contributed by atoms with Crippen LogP contribution in [-0.4, -0.2) is 18.4 Å². The third-order valence-electron chi connectivity index (χ3n) is 3.30. The largest absolute Gasteiger partial charge is 0.330 e. The highest BCUT2D eigenvalue weighted by molar-refractivity contribution is 5.92. The van der Waals surface area contributed by atoms with E-state index in [2.05, 4.69) is 17.6 Å². The standard InChI is InChI=1S/C16H25N3O2/c1-3-15(20)18-13-5-7-14(8-6-13)19-16(21)9-4-12(2)10-11-17/h5-8,12H,3-4,9-11,17H2,1-2H3,(H,18,20)(H,19,21). The summed E-state index contributed by atoms with van der Waals surface area (Å²) in [5.74, 6) is 0.442. The minimum atomic E-state index is -0.0272. The van der Waals surface area contributed by atoms with Crippen molar-refractivity contribution in [2.45, 2.75) is 39.5 Å². The van der Waals surface area contributed by atoms with Crippen LogP contribution in [-0.2, 0) is 9.59 Å². The van der Waals surface area contributed by atoms with E-state index >= 15 is 0 Å². The van der Waals surface area contributed by atoms with Gasteiger partial charge in [0.2, 0.25) is 11.8 Å². The molecule has 0 aromatic heterocycles. The average molecular weight is 291 g/mol. The highest BCUT2D eigenvalue weighted by Crippen LogP contribution is 2.15. The molecule has 2 amide bonds. The highest BCUT2D eigenvalue weighted by Gasteiger charge is 2.07. The van der Waals surface area contributed by atoms with E-state index < -0.39 is 0 Å². The molecule has 0 heterocycles. The summed E-state index contributed by atoms with van der Waals surface area (Å²) >= 11 is 0. The van der Waals surface area contributed by atoms with Gasteiger partial charge in [0.1, 0.15) is 0 Å². The molecular weight excluding hydrogens is 266 g/mol. The van der Waals surface area contributed by atoms with Crippen LogP contribution in [0.5, 0.6) is 0 Å². The molecule has 0 saturated heterocycles. The van der Waals surface area contributed by atoms with Gasteiger partial charge < -0.3 is 16.4 Å². The molecule has 0 radical (unpaired) electrons. The SMILES string of the molecule is CCC(=O)Nc1ccc(NC(=O)CCC(C)CCN)cc1. The molecule has 116 valence electrons. The van der Waals surface area contributed by atoms with Crippen LogP contribution in [0.25, 0.3) is 0 Å². The second-order valence-electron chi connectivity index (χ2n) is 5.25. The summed E-state index contributed by atoms with van der Waals surface area (Å²) in [6.45, 7) is 4.56. The number of amides is 2. The maximum atomic E-state index is 11.8. The Morgan fingerprint density at radius 3 is 2.05 bits per heavy atom. The van der Waals surface area contributed by atoms with E-state index in [1.54, 1.807) is 31.2 Å². The Morgan fingerprint density at radius 1 is 1.05 bits per heavy atom. The minimum absolute atomic E-state index is 0.00390. The lowest BCUT2D eigenvalue weighted by Crippen LogP contribution is -2.14. The number of nitrogens with one attached hydrogen (secondary N) is 2. The zero-order valence-electron chi connectivity index (χ0n) is 12.8. The highest BCUT2D eigenvalue weighted by atomic mass is 16.2. The zero-order chi connectivity index (χ0) is 15.7. The summed E-state index contributed by atoms with van der Waals surface area (Å²) in [6, 6.07) is 7.12. The first-order valence-corrected chi connectivity index (χ1v) is 7.45. The lowest BCUT2D eigenvalue weighted by atomic mass is 10.0. The molecule has 0 saturated carbocycles. The van der Waals surface area contributed by atoms with Crippen LogP contribution in [0.1, 0.15) is 39.5 Å². The van der Waals surface area contributed by atoms with Gasteiger partial charge in [0.25, 0.3) is 0 Å². The van der Waals surface area contributed by atoms with Gasteiger partial charge in [-0.3, -0.25) is 9.59 Å². The third kappa shape index (κ3) is 6.90. The molecule has 0 bridgehead atoms. The van der Waals surface area contributed by atoms with Crippen LogP contribution in [0.3, 0.4) is 0 Å². The topological polar surface area (TPSA) is 84.2 Å². The normalized spacial score (nSPS) is 11.8. The number of carbonyl (C=O) groups excluding carboxylic acids is 2. The molecule has 21 heavy (non-hydrogen) atoms. The number of benzene rings is 1. The summed E-state index contributed by atoms with van der Waals surface area (Å²) in [4.78, 5) is 23.1. The maximum Gasteiger partial charge on any atom is 0.224 e. The van der Waals surface area contributed by atoms with E-state index in [4.69, 9.17) is 5.73 Å². The molecule has 0 spiro atoms. The number of carbonyl (C=O) groups is 2. The van der Waals surface area contributed by atoms with Crippen molar-refractivity contribution in [2.75, 3.05) is 17.2 Å². The van der Waals surface area contributed by atoms with Gasteiger partial charge in [-0.05, 0) is 49.6 Å². The van der Waals surface area contributed by atoms with Gasteiger partial charge in [-0.2, -0.15) is 0 Å². The maximum absolute atomic E-state index is 11.8. The Bertz CT molecular complexity index is 457. The fraction of sp³-hybridized carbons (Fsp3) is 0.500. The molecule has 4 N–H and O–H groups in total. The lowest BCUT2D eigenvalue weighted by Gasteiger charge is -2.10. The lowest BCUT2D eigenvalue weighted by molar-refractivity contribution is -0.117. The first kappa shape index (κ1) is 17.2. The summed E-state index contributed by atoms with van der Waals surface area (Å²) in [7, 11) is 0. The van der Waals surface area contributed by atoms with Crippen molar-refractivity contribution >= 4 is 23.2 Å². The summed E-state index contributed by atoms with van der Waals surface area (Å²) in [5.41, 5.74) is 6.96. The van der Waals surface area contributed by atoms with E-state index in [9.17, 15) is 9.59 Å². The Morgan fingerprint density at radius 2 is 1.57 bits per heavy atom. The molecule has 1 aromatic carbocycles. The first-order valence-electron chi connectivity index (χ1n) is 7.45. The van der Waals surface area contributed by atoms with Crippen molar-refractivity contribution in [1.82, 2.24) is 0 Å². The van der Waals surface area contributed by atoms with Crippen LogP contribution in [0.4, 0.5) is 11.4 Å². The van der Waals surface area contributed by atoms with Gasteiger partial charge in [0.15, 0.2) is 0 Å². The van der Waals surface area contributed by atoms with Gasteiger partial charge in [0.05, 0.1) is 0 Å². The van der Waals surface area contributed by atoms with E-state index in [0.29, 0.717) is 25.3 Å². The second-order valence-corrected chi connectivity index (χ2v) is 5.25. The molecule has 1 unspecified atom stereocenters. The van der Waals surface area contributed by atoms with Crippen molar-refractivity contribution in [1.29, 1.82) is 0 Å². The predicted molar refractivity (Wildman–Crippen MR) is 86.1 cm³/mol. The molecule has 5 nitrogen and oxygen atoms in total. The molecule has 0 aliphatic rings. The Kier molecular flexibility index (Phi) is 7.46. The van der Waals surface area contributed by atoms with Crippen LogP contribution in [0, 0.1) is 5.92 Å². The fourth-order valence-electron chi connectivity index (χ4n) is 1.92. The molecule has 0 aliphatic carbocycles. The van der Waals surface area contributed by atoms with Crippen LogP contribution in [0.2, 0.25) is 0 Å². The first-order chi connectivity index (χ1) is 10.0. The molecule has 0 aliphatic heterocycles. The van der Waals surface area contributed by atoms with Crippen molar-refractivity contribution in [3.8, 4) is 0 Å². The monoisotopic (exact) mass is 291 g/mol. The van der Waals surface area contributed by atoms with Gasteiger partial charge in [-0.1, -0.05) is 13.8 Å². The van der Waals surface area contributed by atoms with Crippen molar-refractivity contribution < 1.29 is 9.59 Å². The van der Waals surface area contributed by atoms with Crippen molar-refractivity contribution in [2.24, 2.45) is 11.7 Å². The minimum Gasteiger partial charge on any atom is -0.330 e. The van der Waals surface area contributed by atoms with Crippen molar-refractivity contribution in [3.05, 3.63) is 24.3 Å². The third-order valence-corrected chi connectivity index (χ3v) is 3.30. The Balaban J connectivity index is 2.41. The number of hydrogen-bond acceptors (Lipinski definition) is 3. The van der Waals surface area contributed by atoms with Crippen LogP contribution in [0.15, 0.2) is 24.3 Å². The number of nitrogens with two attached hydrogens (primary N) is 1. The number of rotatable bonds is 8. The second kappa shape index (κ2) is 9.13. The molecule has 1 aromatic rings. The van der Waals surface area contributed by atoms with E-state index in [1.165, 1.54) is 0 Å². The molecule has 5 heteroatoms. The quantitative estimate of drug-likeness (QED) is 0.688. The Labute approximate surface area is 126 Å². The zero-order valence-corrected chi connectivity index (χ0v) is 12.8. The van der Waals surface area contributed by atoms with Gasteiger partial charge in [0, 0.05) is 24.2 Å². The van der Waals surface area contributed by atoms with Crippen LogP contribution >= 0.6 is 0 Å². The van der Waals surface area contributed by atoms with Gasteiger partial charge in [-0.25, -0.2) is 0 Å². The number of anilines is 2. The summed E-state index contributed by atoms with van der Waals surface area (Å²) in [6.07, 6.45) is 2.72. The molecule has 1 rings (SSSR count). The van der Waals surface area contributed by atoms with Gasteiger partial charge in [-0.15, -0.1) is 0 Å². The number of hydrogen-bond donors (Lipinski definition) is 3. The van der Waals surface area contributed by atoms with E-state index in [0.717, 1.165) is 24.2 Å². The van der Waals surface area contributed by atoms with E-state index in [1.807, 2.05) is 0 Å². The van der Waals surface area contributed by atoms with Gasteiger partial charge >= 0.3 is 0 Å². The average Bonchev–Trinajstić information content (AvgIpc) is 2.47. The van der Waals surface area contributed by atoms with Crippen molar-refractivity contribution in [3.63, 3.8) is 0 Å². The summed E-state index contributed by atoms with van der Waals surface area (Å²) in [5, 5.41) is 5.61. The Hall–Kier alpha value is -1.88. The van der Waals surface area contributed by atoms with E-state index in [-0.39, 0.29) is 11.8 Å². The predicted octanol–water partition coefficient (Wildman–Crippen LogP) is 2.74. The smallest absolute Gasteiger partial charge is 0.224 e. The molecule has 1 atom stereocenters. The summed E-state index contributed by atoms with van der Waals surface area (Å²) < 4.78 is 0. The fourth-order valence-corrected chi connectivity index (χ4v) is 1.92. The van der Waals surface area contributed by atoms with Crippen LogP contribution < -0.4 is 16.4 Å². The molecule has 0 fully saturated rings.